The lowest BCUT2D eigenvalue weighted by molar-refractivity contribution is 0.300. The van der Waals surface area contributed by atoms with Gasteiger partial charge in [-0.25, -0.2) is 0 Å². The summed E-state index contributed by atoms with van der Waals surface area (Å²) in [4.78, 5) is 8.76. The van der Waals surface area contributed by atoms with Crippen molar-refractivity contribution in [1.29, 1.82) is 10.7 Å². The lowest BCUT2D eigenvalue weighted by atomic mass is 10.0. The van der Waals surface area contributed by atoms with Gasteiger partial charge in [0.1, 0.15) is 23.9 Å². The maximum absolute atomic E-state index is 9.99. The molecule has 0 saturated carbocycles. The molecule has 0 unspecified atom stereocenters. The lowest BCUT2D eigenvalue weighted by Gasteiger charge is -2.16. The van der Waals surface area contributed by atoms with Crippen LogP contribution >= 0.6 is 0 Å². The van der Waals surface area contributed by atoms with E-state index in [1.54, 1.807) is 13.1 Å². The number of aromatic nitrogens is 2. The Morgan fingerprint density at radius 2 is 1.12 bits per heavy atom. The number of nitrogens with two attached hydrogens (primary N) is 1. The summed E-state index contributed by atoms with van der Waals surface area (Å²) in [6.45, 7) is 9.54. The Morgan fingerprint density at radius 3 is 1.62 bits per heavy atom. The number of nitriles is 1. The summed E-state index contributed by atoms with van der Waals surface area (Å²) < 4.78 is 6.12. The van der Waals surface area contributed by atoms with E-state index in [1.807, 2.05) is 111 Å². The van der Waals surface area contributed by atoms with E-state index in [0.29, 0.717) is 31.0 Å². The van der Waals surface area contributed by atoms with E-state index in [2.05, 4.69) is 70.0 Å². The summed E-state index contributed by atoms with van der Waals surface area (Å²) in [5.41, 5.74) is 20.0. The molecule has 0 atom stereocenters. The molecule has 5 aromatic carbocycles. The fourth-order valence-electron chi connectivity index (χ4n) is 6.34. The third kappa shape index (κ3) is 10.2. The van der Waals surface area contributed by atoms with Crippen LogP contribution in [0.2, 0.25) is 0 Å². The van der Waals surface area contributed by atoms with Crippen molar-refractivity contribution < 1.29 is 9.84 Å². The van der Waals surface area contributed by atoms with Gasteiger partial charge in [0, 0.05) is 42.4 Å². The molecule has 0 bridgehead atoms. The van der Waals surface area contributed by atoms with E-state index in [0.717, 1.165) is 78.5 Å². The van der Waals surface area contributed by atoms with Gasteiger partial charge in [0.05, 0.1) is 23.0 Å². The highest BCUT2D eigenvalue weighted by molar-refractivity contribution is 5.95. The van der Waals surface area contributed by atoms with E-state index < -0.39 is 0 Å². The molecule has 290 valence electrons. The van der Waals surface area contributed by atoms with Crippen molar-refractivity contribution in [2.24, 2.45) is 5.73 Å². The summed E-state index contributed by atoms with van der Waals surface area (Å²) in [5.74, 6) is 1.18. The van der Waals surface area contributed by atoms with Crippen LogP contribution in [-0.2, 0) is 19.7 Å². The highest BCUT2D eigenvalue weighted by Gasteiger charge is 2.12. The van der Waals surface area contributed by atoms with Crippen molar-refractivity contribution >= 4 is 17.2 Å². The molecule has 0 amide bonds. The number of hydrogen-bond acceptors (Lipinski definition) is 8. The minimum atomic E-state index is 0.0722. The van der Waals surface area contributed by atoms with Gasteiger partial charge in [-0.2, -0.15) is 5.26 Å². The maximum atomic E-state index is 9.99. The van der Waals surface area contributed by atoms with Gasteiger partial charge in [-0.05, 0) is 114 Å². The third-order valence-corrected chi connectivity index (χ3v) is 10.00. The standard InChI is InChI=1S/C28H25N3O.C21H22N4O/c1-20-26(17-30-21(2)28(20)32-19-23-6-4-3-5-7-23)18-31-27-14-12-25(13-15-27)24-10-8-22(16-29)9-11-24;1-13-18(11-24-14(2)20(13)26)12-25-19-9-7-16(8-10-19)15-3-5-17(6-4-15)21(22)23/h3-15,17,31H,18-19H2,1-2H3;3-11,25-26H,12H2,1-2H3,(H3,22,23). The van der Waals surface area contributed by atoms with Gasteiger partial charge in [0.25, 0.3) is 0 Å². The predicted molar refractivity (Wildman–Crippen MR) is 234 cm³/mol. The van der Waals surface area contributed by atoms with Crippen molar-refractivity contribution in [2.45, 2.75) is 47.4 Å². The highest BCUT2D eigenvalue weighted by atomic mass is 16.5. The van der Waals surface area contributed by atoms with Crippen molar-refractivity contribution in [2.75, 3.05) is 10.6 Å². The molecular weight excluding hydrogens is 719 g/mol. The number of aryl methyl sites for hydroxylation is 2. The SMILES string of the molecule is Cc1ncc(CNc2ccc(-c3ccc(C#N)cc3)cc2)c(C)c1OCc1ccccc1.Cc1ncc(CNc2ccc(-c3ccc(C(=N)N)cc3)cc2)c(C)c1O. The summed E-state index contributed by atoms with van der Waals surface area (Å²) in [6, 6.07) is 44.0. The van der Waals surface area contributed by atoms with Crippen LogP contribution < -0.4 is 21.1 Å². The number of ether oxygens (including phenoxy) is 1. The largest absolute Gasteiger partial charge is 0.506 e. The van der Waals surface area contributed by atoms with Gasteiger partial charge in [0.15, 0.2) is 0 Å². The second-order valence-corrected chi connectivity index (χ2v) is 14.0. The molecule has 7 aromatic rings. The van der Waals surface area contributed by atoms with Crippen LogP contribution in [0, 0.1) is 44.4 Å². The predicted octanol–water partition coefficient (Wildman–Crippen LogP) is 10.4. The van der Waals surface area contributed by atoms with E-state index >= 15 is 0 Å². The number of hydrogen-bond donors (Lipinski definition) is 5. The summed E-state index contributed by atoms with van der Waals surface area (Å²) in [6.07, 6.45) is 3.71. The van der Waals surface area contributed by atoms with Crippen LogP contribution in [0.5, 0.6) is 11.5 Å². The van der Waals surface area contributed by atoms with Gasteiger partial charge in [-0.3, -0.25) is 15.4 Å². The fraction of sp³-hybridized carbons (Fsp3) is 0.143. The van der Waals surface area contributed by atoms with Crippen LogP contribution in [0.15, 0.2) is 140 Å². The zero-order chi connectivity index (χ0) is 41.0. The first-order chi connectivity index (χ1) is 28.1. The molecule has 0 saturated heterocycles. The topological polar surface area (TPSA) is 153 Å². The Balaban J connectivity index is 0.000000200. The lowest BCUT2D eigenvalue weighted by Crippen LogP contribution is -2.10. The Morgan fingerprint density at radius 1 is 0.655 bits per heavy atom. The summed E-state index contributed by atoms with van der Waals surface area (Å²) in [7, 11) is 0. The van der Waals surface area contributed by atoms with Crippen LogP contribution in [0.25, 0.3) is 22.3 Å². The van der Waals surface area contributed by atoms with Crippen LogP contribution in [0.1, 0.15) is 50.3 Å². The second kappa shape index (κ2) is 18.9. The van der Waals surface area contributed by atoms with E-state index in [4.69, 9.17) is 21.1 Å². The first-order valence-electron chi connectivity index (χ1n) is 19.0. The number of rotatable bonds is 12. The number of nitrogen functional groups attached to an aromatic ring is 1. The van der Waals surface area contributed by atoms with Crippen molar-refractivity contribution in [1.82, 2.24) is 9.97 Å². The van der Waals surface area contributed by atoms with Crippen LogP contribution in [0.4, 0.5) is 11.4 Å². The molecule has 6 N–H and O–H groups in total. The zero-order valence-corrected chi connectivity index (χ0v) is 33.2. The average Bonchev–Trinajstić information content (AvgIpc) is 3.26. The normalized spacial score (nSPS) is 10.5. The minimum absolute atomic E-state index is 0.0722. The van der Waals surface area contributed by atoms with Gasteiger partial charge in [-0.1, -0.05) is 91.0 Å². The van der Waals surface area contributed by atoms with E-state index in [1.165, 1.54) is 0 Å². The first-order valence-corrected chi connectivity index (χ1v) is 19.0. The highest BCUT2D eigenvalue weighted by Crippen LogP contribution is 2.28. The quantitative estimate of drug-likeness (QED) is 0.0609. The van der Waals surface area contributed by atoms with Gasteiger partial charge >= 0.3 is 0 Å². The molecule has 0 fully saturated rings. The molecule has 9 nitrogen and oxygen atoms in total. The van der Waals surface area contributed by atoms with E-state index in [9.17, 15) is 5.11 Å². The molecule has 0 aliphatic heterocycles. The number of nitrogens with zero attached hydrogens (tertiary/aromatic N) is 3. The number of pyridine rings is 2. The number of amidine groups is 1. The summed E-state index contributed by atoms with van der Waals surface area (Å²) >= 11 is 0. The van der Waals surface area contributed by atoms with Crippen LogP contribution in [-0.4, -0.2) is 20.9 Å². The molecule has 58 heavy (non-hydrogen) atoms. The smallest absolute Gasteiger partial charge is 0.144 e. The molecule has 2 heterocycles. The number of aromatic hydroxyl groups is 1. The zero-order valence-electron chi connectivity index (χ0n) is 33.2. The minimum Gasteiger partial charge on any atom is -0.506 e. The Bertz CT molecular complexity index is 2510. The fourth-order valence-corrected chi connectivity index (χ4v) is 6.34. The van der Waals surface area contributed by atoms with Crippen molar-refractivity contribution in [3.8, 4) is 39.8 Å². The Labute approximate surface area is 340 Å². The molecule has 2 aromatic heterocycles. The average molecular weight is 766 g/mol. The second-order valence-electron chi connectivity index (χ2n) is 14.0. The van der Waals surface area contributed by atoms with Gasteiger partial charge in [0.2, 0.25) is 0 Å². The van der Waals surface area contributed by atoms with Crippen molar-refractivity contribution in [3.05, 3.63) is 190 Å². The van der Waals surface area contributed by atoms with Crippen molar-refractivity contribution in [3.63, 3.8) is 0 Å². The molecule has 0 aliphatic rings. The number of anilines is 2. The molecule has 9 heteroatoms. The molecule has 0 radical (unpaired) electrons. The van der Waals surface area contributed by atoms with Crippen LogP contribution in [0.3, 0.4) is 0 Å². The van der Waals surface area contributed by atoms with E-state index in [-0.39, 0.29) is 11.6 Å². The maximum Gasteiger partial charge on any atom is 0.144 e. The Hall–Kier alpha value is -7.44. The Kier molecular flexibility index (Phi) is 13.1. The first kappa shape index (κ1) is 40.2. The molecule has 0 spiro atoms. The molecule has 0 aliphatic carbocycles. The third-order valence-electron chi connectivity index (χ3n) is 10.00. The molecule has 7 rings (SSSR count). The number of nitrogens with one attached hydrogen (secondary N) is 3. The van der Waals surface area contributed by atoms with Gasteiger partial charge < -0.3 is 26.2 Å². The monoisotopic (exact) mass is 765 g/mol. The van der Waals surface area contributed by atoms with Gasteiger partial charge in [-0.15, -0.1) is 0 Å². The molecular formula is C49H47N7O2. The number of benzene rings is 5. The summed E-state index contributed by atoms with van der Waals surface area (Å²) in [5, 5.41) is 33.2.